The van der Waals surface area contributed by atoms with Crippen molar-refractivity contribution in [1.29, 1.82) is 5.26 Å². The largest absolute Gasteiger partial charge is 0.324 e. The third-order valence-corrected chi connectivity index (χ3v) is 2.59. The molecule has 1 aromatic rings. The van der Waals surface area contributed by atoms with Crippen LogP contribution < -0.4 is 5.73 Å². The van der Waals surface area contributed by atoms with E-state index in [2.05, 4.69) is 6.07 Å². The molecule has 0 amide bonds. The zero-order valence-corrected chi connectivity index (χ0v) is 8.34. The molecule has 0 bridgehead atoms. The van der Waals surface area contributed by atoms with Crippen LogP contribution in [0.3, 0.4) is 0 Å². The van der Waals surface area contributed by atoms with Gasteiger partial charge in [-0.3, -0.25) is 0 Å². The first-order chi connectivity index (χ1) is 6.24. The predicted octanol–water partition coefficient (Wildman–Crippen LogP) is 2.32. The SMILES string of the molecule is CC(N)c1ccc(SCC#N)cc1. The van der Waals surface area contributed by atoms with E-state index in [9.17, 15) is 0 Å². The minimum absolute atomic E-state index is 0.0787. The second-order valence-electron chi connectivity index (χ2n) is 2.80. The van der Waals surface area contributed by atoms with Gasteiger partial charge < -0.3 is 5.73 Å². The highest BCUT2D eigenvalue weighted by atomic mass is 32.2. The highest BCUT2D eigenvalue weighted by molar-refractivity contribution is 7.99. The third-order valence-electron chi connectivity index (χ3n) is 1.71. The Labute approximate surface area is 82.7 Å². The molecule has 13 heavy (non-hydrogen) atoms. The fourth-order valence-corrected chi connectivity index (χ4v) is 1.54. The van der Waals surface area contributed by atoms with Crippen molar-refractivity contribution in [3.63, 3.8) is 0 Å². The van der Waals surface area contributed by atoms with Crippen LogP contribution in [0, 0.1) is 11.3 Å². The summed E-state index contributed by atoms with van der Waals surface area (Å²) in [6.45, 7) is 1.96. The van der Waals surface area contributed by atoms with Gasteiger partial charge in [-0.05, 0) is 24.6 Å². The molecule has 1 atom stereocenters. The molecular weight excluding hydrogens is 180 g/mol. The van der Waals surface area contributed by atoms with Gasteiger partial charge in [0.15, 0.2) is 0 Å². The van der Waals surface area contributed by atoms with Crippen LogP contribution in [0.15, 0.2) is 29.2 Å². The minimum atomic E-state index is 0.0787. The predicted molar refractivity (Wildman–Crippen MR) is 55.4 cm³/mol. The molecule has 0 aliphatic rings. The maximum atomic E-state index is 8.38. The molecule has 0 radical (unpaired) electrons. The van der Waals surface area contributed by atoms with Gasteiger partial charge in [-0.1, -0.05) is 12.1 Å². The Balaban J connectivity index is 2.65. The van der Waals surface area contributed by atoms with E-state index in [1.165, 1.54) is 11.8 Å². The van der Waals surface area contributed by atoms with Gasteiger partial charge in [-0.2, -0.15) is 5.26 Å². The van der Waals surface area contributed by atoms with Crippen LogP contribution in [0.5, 0.6) is 0 Å². The molecule has 0 heterocycles. The molecular formula is C10H12N2S. The number of nitrogens with two attached hydrogens (primary N) is 1. The summed E-state index contributed by atoms with van der Waals surface area (Å²) < 4.78 is 0. The average Bonchev–Trinajstić information content (AvgIpc) is 2.15. The van der Waals surface area contributed by atoms with Gasteiger partial charge in [0.1, 0.15) is 0 Å². The van der Waals surface area contributed by atoms with E-state index in [1.54, 1.807) is 0 Å². The molecule has 1 aromatic carbocycles. The molecule has 0 aliphatic heterocycles. The summed E-state index contributed by atoms with van der Waals surface area (Å²) in [5, 5.41) is 8.38. The fraction of sp³-hybridized carbons (Fsp3) is 0.300. The maximum absolute atomic E-state index is 8.38. The Kier molecular flexibility index (Phi) is 3.81. The molecule has 1 unspecified atom stereocenters. The molecule has 0 saturated carbocycles. The first-order valence-corrected chi connectivity index (χ1v) is 5.08. The van der Waals surface area contributed by atoms with Gasteiger partial charge in [-0.15, -0.1) is 11.8 Å². The van der Waals surface area contributed by atoms with Gasteiger partial charge in [0.25, 0.3) is 0 Å². The number of hydrogen-bond acceptors (Lipinski definition) is 3. The highest BCUT2D eigenvalue weighted by Crippen LogP contribution is 2.19. The lowest BCUT2D eigenvalue weighted by Gasteiger charge is -2.05. The first-order valence-electron chi connectivity index (χ1n) is 4.09. The molecule has 0 spiro atoms. The topological polar surface area (TPSA) is 49.8 Å². The monoisotopic (exact) mass is 192 g/mol. The van der Waals surface area contributed by atoms with Gasteiger partial charge in [0.05, 0.1) is 11.8 Å². The van der Waals surface area contributed by atoms with E-state index < -0.39 is 0 Å². The van der Waals surface area contributed by atoms with Crippen molar-refractivity contribution in [2.75, 3.05) is 5.75 Å². The van der Waals surface area contributed by atoms with Crippen LogP contribution in [0.2, 0.25) is 0 Å². The average molecular weight is 192 g/mol. The van der Waals surface area contributed by atoms with Crippen molar-refractivity contribution >= 4 is 11.8 Å². The lowest BCUT2D eigenvalue weighted by atomic mass is 10.1. The van der Waals surface area contributed by atoms with E-state index in [0.29, 0.717) is 5.75 Å². The second-order valence-corrected chi connectivity index (χ2v) is 3.85. The van der Waals surface area contributed by atoms with Crippen molar-refractivity contribution in [2.45, 2.75) is 17.9 Å². The summed E-state index contributed by atoms with van der Waals surface area (Å²) >= 11 is 1.54. The number of thioether (sulfide) groups is 1. The van der Waals surface area contributed by atoms with E-state index in [0.717, 1.165) is 10.5 Å². The van der Waals surface area contributed by atoms with Crippen LogP contribution in [-0.4, -0.2) is 5.75 Å². The molecule has 1 rings (SSSR count). The summed E-state index contributed by atoms with van der Waals surface area (Å²) in [4.78, 5) is 1.12. The Hall–Kier alpha value is -0.980. The van der Waals surface area contributed by atoms with Crippen LogP contribution in [0.1, 0.15) is 18.5 Å². The summed E-state index contributed by atoms with van der Waals surface area (Å²) in [7, 11) is 0. The Morgan fingerprint density at radius 3 is 2.54 bits per heavy atom. The molecule has 68 valence electrons. The van der Waals surface area contributed by atoms with Gasteiger partial charge >= 0.3 is 0 Å². The lowest BCUT2D eigenvalue weighted by molar-refractivity contribution is 0.817. The van der Waals surface area contributed by atoms with Crippen LogP contribution >= 0.6 is 11.8 Å². The first kappa shape index (κ1) is 10.1. The number of nitriles is 1. The Morgan fingerprint density at radius 2 is 2.08 bits per heavy atom. The summed E-state index contributed by atoms with van der Waals surface area (Å²) in [6, 6.07) is 10.2. The minimum Gasteiger partial charge on any atom is -0.324 e. The zero-order chi connectivity index (χ0) is 9.68. The summed E-state index contributed by atoms with van der Waals surface area (Å²) in [5.74, 6) is 0.498. The molecule has 0 aromatic heterocycles. The molecule has 2 N–H and O–H groups in total. The second kappa shape index (κ2) is 4.90. The Morgan fingerprint density at radius 1 is 1.46 bits per heavy atom. The van der Waals surface area contributed by atoms with E-state index in [-0.39, 0.29) is 6.04 Å². The maximum Gasteiger partial charge on any atom is 0.0855 e. The van der Waals surface area contributed by atoms with E-state index >= 15 is 0 Å². The van der Waals surface area contributed by atoms with Crippen molar-refractivity contribution in [3.05, 3.63) is 29.8 Å². The summed E-state index contributed by atoms with van der Waals surface area (Å²) in [6.07, 6.45) is 0. The van der Waals surface area contributed by atoms with E-state index in [4.69, 9.17) is 11.0 Å². The lowest BCUT2D eigenvalue weighted by Crippen LogP contribution is -2.04. The summed E-state index contributed by atoms with van der Waals surface area (Å²) in [5.41, 5.74) is 6.83. The van der Waals surface area contributed by atoms with Gasteiger partial charge in [-0.25, -0.2) is 0 Å². The molecule has 3 heteroatoms. The Bertz CT molecular complexity index is 298. The van der Waals surface area contributed by atoms with Gasteiger partial charge in [0, 0.05) is 10.9 Å². The zero-order valence-electron chi connectivity index (χ0n) is 7.53. The van der Waals surface area contributed by atoms with Gasteiger partial charge in [0.2, 0.25) is 0 Å². The fourth-order valence-electron chi connectivity index (χ4n) is 0.983. The number of benzene rings is 1. The normalized spacial score (nSPS) is 12.1. The van der Waals surface area contributed by atoms with E-state index in [1.807, 2.05) is 31.2 Å². The van der Waals surface area contributed by atoms with Crippen molar-refractivity contribution in [2.24, 2.45) is 5.73 Å². The number of nitrogens with zero attached hydrogens (tertiary/aromatic N) is 1. The van der Waals surface area contributed by atoms with Crippen LogP contribution in [0.25, 0.3) is 0 Å². The third kappa shape index (κ3) is 3.10. The molecule has 2 nitrogen and oxygen atoms in total. The quantitative estimate of drug-likeness (QED) is 0.748. The molecule has 0 saturated heterocycles. The molecule has 0 fully saturated rings. The van der Waals surface area contributed by atoms with Crippen molar-refractivity contribution in [1.82, 2.24) is 0 Å². The van der Waals surface area contributed by atoms with Crippen LogP contribution in [-0.2, 0) is 0 Å². The standard InChI is InChI=1S/C10H12N2S/c1-8(12)9-2-4-10(5-3-9)13-7-6-11/h2-5,8H,7,12H2,1H3. The number of rotatable bonds is 3. The van der Waals surface area contributed by atoms with Crippen molar-refractivity contribution < 1.29 is 0 Å². The molecule has 0 aliphatic carbocycles. The van der Waals surface area contributed by atoms with Crippen molar-refractivity contribution in [3.8, 4) is 6.07 Å². The number of hydrogen-bond donors (Lipinski definition) is 1. The smallest absolute Gasteiger partial charge is 0.0855 e. The van der Waals surface area contributed by atoms with Crippen LogP contribution in [0.4, 0.5) is 0 Å². The highest BCUT2D eigenvalue weighted by Gasteiger charge is 1.98.